The summed E-state index contributed by atoms with van der Waals surface area (Å²) in [5.74, 6) is -0.820. The summed E-state index contributed by atoms with van der Waals surface area (Å²) in [4.78, 5) is 24.7. The monoisotopic (exact) mass is 443 g/mol. The van der Waals surface area contributed by atoms with Crippen LogP contribution < -0.4 is 10.6 Å². The summed E-state index contributed by atoms with van der Waals surface area (Å²) in [6.07, 6.45) is 4.39. The minimum Gasteiger partial charge on any atom is -0.352 e. The molecule has 0 saturated carbocycles. The summed E-state index contributed by atoms with van der Waals surface area (Å²) in [6, 6.07) is 3.40. The van der Waals surface area contributed by atoms with Gasteiger partial charge in [0.1, 0.15) is 10.9 Å². The van der Waals surface area contributed by atoms with Crippen LogP contribution in [0.25, 0.3) is 0 Å². The number of amides is 2. The van der Waals surface area contributed by atoms with E-state index in [1.165, 1.54) is 22.5 Å². The van der Waals surface area contributed by atoms with E-state index in [1.807, 2.05) is 13.8 Å². The zero-order valence-corrected chi connectivity index (χ0v) is 18.8. The van der Waals surface area contributed by atoms with Crippen molar-refractivity contribution in [2.45, 2.75) is 69.9 Å². The van der Waals surface area contributed by atoms with Crippen LogP contribution >= 0.6 is 11.6 Å². The number of nitrogens with one attached hydrogen (secondary N) is 2. The standard InChI is InChI=1S/C20H30ClN3O4S/c1-4-14(2)22-19(25)15(3)23-20(26)16-9-10-17(21)18(13-16)29(27,28)24-11-7-5-6-8-12-24/h9-10,13-15H,4-8,11-12H2,1-3H3,(H,22,25)(H,23,26). The molecular formula is C20H30ClN3O4S. The lowest BCUT2D eigenvalue weighted by Gasteiger charge is -2.21. The SMILES string of the molecule is CCC(C)NC(=O)C(C)NC(=O)c1ccc(Cl)c(S(=O)(=O)N2CCCCCC2)c1. The van der Waals surface area contributed by atoms with E-state index in [0.717, 1.165) is 32.1 Å². The second kappa shape index (κ2) is 10.4. The maximum absolute atomic E-state index is 13.1. The predicted octanol–water partition coefficient (Wildman–Crippen LogP) is 2.94. The maximum Gasteiger partial charge on any atom is 0.251 e. The van der Waals surface area contributed by atoms with Crippen LogP contribution in [0.4, 0.5) is 0 Å². The largest absolute Gasteiger partial charge is 0.352 e. The normalized spacial score (nSPS) is 17.8. The minimum atomic E-state index is -3.79. The molecule has 29 heavy (non-hydrogen) atoms. The molecule has 2 unspecified atom stereocenters. The highest BCUT2D eigenvalue weighted by Crippen LogP contribution is 2.27. The Hall–Kier alpha value is -1.64. The second-order valence-electron chi connectivity index (χ2n) is 7.48. The van der Waals surface area contributed by atoms with Crippen molar-refractivity contribution in [3.8, 4) is 0 Å². The number of sulfonamides is 1. The molecule has 9 heteroatoms. The summed E-state index contributed by atoms with van der Waals surface area (Å²) in [5.41, 5.74) is 0.144. The van der Waals surface area contributed by atoms with Gasteiger partial charge in [0, 0.05) is 24.7 Å². The first-order chi connectivity index (χ1) is 13.7. The molecule has 0 aromatic heterocycles. The number of benzene rings is 1. The topological polar surface area (TPSA) is 95.6 Å². The van der Waals surface area contributed by atoms with Gasteiger partial charge in [-0.3, -0.25) is 9.59 Å². The molecule has 1 saturated heterocycles. The number of hydrogen-bond acceptors (Lipinski definition) is 4. The van der Waals surface area contributed by atoms with Crippen LogP contribution in [0.1, 0.15) is 63.2 Å². The Morgan fingerprint density at radius 2 is 1.72 bits per heavy atom. The smallest absolute Gasteiger partial charge is 0.251 e. The summed E-state index contributed by atoms with van der Waals surface area (Å²) < 4.78 is 27.6. The number of nitrogens with zero attached hydrogens (tertiary/aromatic N) is 1. The van der Waals surface area contributed by atoms with Gasteiger partial charge >= 0.3 is 0 Å². The quantitative estimate of drug-likeness (QED) is 0.677. The van der Waals surface area contributed by atoms with Gasteiger partial charge in [0.25, 0.3) is 5.91 Å². The van der Waals surface area contributed by atoms with Crippen molar-refractivity contribution in [1.82, 2.24) is 14.9 Å². The molecule has 2 atom stereocenters. The number of carbonyl (C=O) groups is 2. The molecule has 0 bridgehead atoms. The molecule has 1 aromatic carbocycles. The zero-order valence-electron chi connectivity index (χ0n) is 17.2. The highest BCUT2D eigenvalue weighted by Gasteiger charge is 2.28. The van der Waals surface area contributed by atoms with Crippen LogP contribution in [0.15, 0.2) is 23.1 Å². The van der Waals surface area contributed by atoms with Gasteiger partial charge in [-0.05, 0) is 51.3 Å². The van der Waals surface area contributed by atoms with Crippen molar-refractivity contribution >= 4 is 33.4 Å². The summed E-state index contributed by atoms with van der Waals surface area (Å²) in [5, 5.41) is 5.49. The minimum absolute atomic E-state index is 0.00255. The van der Waals surface area contributed by atoms with Crippen LogP contribution in [0, 0.1) is 0 Å². The lowest BCUT2D eigenvalue weighted by Crippen LogP contribution is -2.47. The van der Waals surface area contributed by atoms with E-state index in [1.54, 1.807) is 6.92 Å². The second-order valence-corrected chi connectivity index (χ2v) is 9.79. The van der Waals surface area contributed by atoms with E-state index < -0.39 is 22.0 Å². The number of rotatable bonds is 7. The summed E-state index contributed by atoms with van der Waals surface area (Å²) >= 11 is 6.17. The fraction of sp³-hybridized carbons (Fsp3) is 0.600. The first-order valence-electron chi connectivity index (χ1n) is 10.1. The lowest BCUT2D eigenvalue weighted by molar-refractivity contribution is -0.123. The van der Waals surface area contributed by atoms with Crippen LogP contribution in [0.3, 0.4) is 0 Å². The molecule has 1 aliphatic heterocycles. The molecule has 0 aliphatic carbocycles. The average Bonchev–Trinajstić information content (AvgIpc) is 2.97. The third-order valence-corrected chi connectivity index (χ3v) is 7.50. The van der Waals surface area contributed by atoms with Gasteiger partial charge in [-0.25, -0.2) is 8.42 Å². The maximum atomic E-state index is 13.1. The lowest BCUT2D eigenvalue weighted by atomic mass is 10.2. The fourth-order valence-corrected chi connectivity index (χ4v) is 5.10. The van der Waals surface area contributed by atoms with Crippen molar-refractivity contribution < 1.29 is 18.0 Å². The Morgan fingerprint density at radius 1 is 1.10 bits per heavy atom. The molecule has 1 heterocycles. The molecule has 1 fully saturated rings. The van der Waals surface area contributed by atoms with Gasteiger partial charge in [0.2, 0.25) is 15.9 Å². The van der Waals surface area contributed by atoms with E-state index in [0.29, 0.717) is 13.1 Å². The molecule has 0 spiro atoms. The first-order valence-corrected chi connectivity index (χ1v) is 11.9. The number of hydrogen-bond donors (Lipinski definition) is 2. The Balaban J connectivity index is 2.19. The highest BCUT2D eigenvalue weighted by atomic mass is 35.5. The molecule has 162 valence electrons. The number of halogens is 1. The van der Waals surface area contributed by atoms with Crippen molar-refractivity contribution in [1.29, 1.82) is 0 Å². The van der Waals surface area contributed by atoms with E-state index in [2.05, 4.69) is 10.6 Å². The Bertz CT molecular complexity index is 836. The first kappa shape index (κ1) is 23.6. The van der Waals surface area contributed by atoms with E-state index in [-0.39, 0.29) is 27.4 Å². The Kier molecular flexibility index (Phi) is 8.48. The Morgan fingerprint density at radius 3 is 2.31 bits per heavy atom. The van der Waals surface area contributed by atoms with Gasteiger partial charge in [0.05, 0.1) is 5.02 Å². The van der Waals surface area contributed by atoms with Crippen LogP contribution in [0.5, 0.6) is 0 Å². The molecule has 1 aromatic rings. The van der Waals surface area contributed by atoms with Crippen molar-refractivity contribution in [3.05, 3.63) is 28.8 Å². The molecule has 2 rings (SSSR count). The third kappa shape index (κ3) is 6.17. The van der Waals surface area contributed by atoms with E-state index in [4.69, 9.17) is 11.6 Å². The van der Waals surface area contributed by atoms with Crippen molar-refractivity contribution in [2.24, 2.45) is 0 Å². The molecule has 1 aliphatic rings. The van der Waals surface area contributed by atoms with Gasteiger partial charge in [-0.2, -0.15) is 4.31 Å². The van der Waals surface area contributed by atoms with Gasteiger partial charge in [-0.1, -0.05) is 31.4 Å². The van der Waals surface area contributed by atoms with Crippen LogP contribution in [0.2, 0.25) is 5.02 Å². The summed E-state index contributed by atoms with van der Waals surface area (Å²) in [7, 11) is -3.79. The van der Waals surface area contributed by atoms with E-state index >= 15 is 0 Å². The van der Waals surface area contributed by atoms with Gasteiger partial charge < -0.3 is 10.6 Å². The van der Waals surface area contributed by atoms with Crippen molar-refractivity contribution in [2.75, 3.05) is 13.1 Å². The van der Waals surface area contributed by atoms with Crippen LogP contribution in [-0.4, -0.2) is 49.7 Å². The Labute approximate surface area is 178 Å². The van der Waals surface area contributed by atoms with Gasteiger partial charge in [-0.15, -0.1) is 0 Å². The highest BCUT2D eigenvalue weighted by molar-refractivity contribution is 7.89. The number of carbonyl (C=O) groups excluding carboxylic acids is 2. The average molecular weight is 444 g/mol. The molecular weight excluding hydrogens is 414 g/mol. The van der Waals surface area contributed by atoms with Crippen molar-refractivity contribution in [3.63, 3.8) is 0 Å². The van der Waals surface area contributed by atoms with Crippen LogP contribution in [-0.2, 0) is 14.8 Å². The molecule has 0 radical (unpaired) electrons. The zero-order chi connectivity index (χ0) is 21.6. The third-order valence-electron chi connectivity index (χ3n) is 5.12. The summed E-state index contributed by atoms with van der Waals surface area (Å²) in [6.45, 7) is 6.31. The van der Waals surface area contributed by atoms with Gasteiger partial charge in [0.15, 0.2) is 0 Å². The molecule has 7 nitrogen and oxygen atoms in total. The molecule has 2 N–H and O–H groups in total. The van der Waals surface area contributed by atoms with E-state index in [9.17, 15) is 18.0 Å². The predicted molar refractivity (Wildman–Crippen MR) is 114 cm³/mol. The molecule has 2 amide bonds. The fourth-order valence-electron chi connectivity index (χ4n) is 3.08.